The van der Waals surface area contributed by atoms with Gasteiger partial charge < -0.3 is 15.1 Å². The molecule has 9 nitrogen and oxygen atoms in total. The zero-order valence-electron chi connectivity index (χ0n) is 21.4. The maximum Gasteiger partial charge on any atom is 0.253 e. The molecule has 0 bridgehead atoms. The fourth-order valence-corrected chi connectivity index (χ4v) is 4.94. The van der Waals surface area contributed by atoms with E-state index in [0.717, 1.165) is 46.8 Å². The van der Waals surface area contributed by atoms with Gasteiger partial charge in [0.15, 0.2) is 0 Å². The smallest absolute Gasteiger partial charge is 0.253 e. The highest BCUT2D eigenvalue weighted by molar-refractivity contribution is 7.99. The Morgan fingerprint density at radius 3 is 2.08 bits per heavy atom. The van der Waals surface area contributed by atoms with Crippen LogP contribution in [0.25, 0.3) is 5.69 Å². The molecule has 1 aromatic heterocycles. The lowest BCUT2D eigenvalue weighted by Gasteiger charge is -2.36. The molecule has 1 fully saturated rings. The number of carbonyl (C=O) groups is 2. The van der Waals surface area contributed by atoms with E-state index in [0.29, 0.717) is 18.2 Å². The number of hydrogen-bond acceptors (Lipinski definition) is 7. The van der Waals surface area contributed by atoms with E-state index in [2.05, 4.69) is 25.7 Å². The highest BCUT2D eigenvalue weighted by atomic mass is 32.2. The fourth-order valence-electron chi connectivity index (χ4n) is 4.25. The number of aromatic nitrogens is 4. The third-order valence-electron chi connectivity index (χ3n) is 6.43. The Morgan fingerprint density at radius 1 is 0.816 bits per heavy atom. The molecule has 0 unspecified atom stereocenters. The summed E-state index contributed by atoms with van der Waals surface area (Å²) >= 11 is 1.28. The molecule has 0 aliphatic carbocycles. The van der Waals surface area contributed by atoms with Crippen molar-refractivity contribution >= 4 is 35.0 Å². The molecule has 38 heavy (non-hydrogen) atoms. The number of anilines is 2. The van der Waals surface area contributed by atoms with Crippen LogP contribution >= 0.6 is 11.8 Å². The van der Waals surface area contributed by atoms with Crippen molar-refractivity contribution in [2.45, 2.75) is 19.0 Å². The second-order valence-electron chi connectivity index (χ2n) is 9.24. The van der Waals surface area contributed by atoms with Crippen molar-refractivity contribution < 1.29 is 9.59 Å². The van der Waals surface area contributed by atoms with Crippen molar-refractivity contribution in [2.75, 3.05) is 42.1 Å². The molecule has 2 amide bonds. The van der Waals surface area contributed by atoms with Crippen LogP contribution in [-0.2, 0) is 4.79 Å². The van der Waals surface area contributed by atoms with Gasteiger partial charge >= 0.3 is 0 Å². The first-order chi connectivity index (χ1) is 18.5. The fraction of sp³-hybridized carbons (Fsp3) is 0.250. The highest BCUT2D eigenvalue weighted by Crippen LogP contribution is 2.22. The highest BCUT2D eigenvalue weighted by Gasteiger charge is 2.22. The number of tetrazole rings is 1. The summed E-state index contributed by atoms with van der Waals surface area (Å²) in [5, 5.41) is 15.3. The molecule has 0 saturated carbocycles. The lowest BCUT2D eigenvalue weighted by molar-refractivity contribution is -0.113. The van der Waals surface area contributed by atoms with Gasteiger partial charge in [-0.05, 0) is 72.8 Å². The van der Waals surface area contributed by atoms with Crippen molar-refractivity contribution in [3.8, 4) is 5.69 Å². The number of nitrogens with zero attached hydrogens (tertiary/aromatic N) is 6. The SMILES string of the molecule is Cc1ccc(C(=O)N2CCN(c3ccc(NC(=O)CSc4nnnn4-c4ccc(C)cc4)cc3)CC2)cc1. The standard InChI is InChI=1S/C28H29N7O2S/c1-20-3-7-22(8-4-20)27(37)34-17-15-33(16-18-34)24-13-9-23(10-14-24)29-26(36)19-38-28-30-31-32-35(28)25-11-5-21(2)6-12-25/h3-14H,15-19H2,1-2H3,(H,29,36). The summed E-state index contributed by atoms with van der Waals surface area (Å²) in [7, 11) is 0. The first kappa shape index (κ1) is 25.5. The van der Waals surface area contributed by atoms with Gasteiger partial charge in [-0.2, -0.15) is 4.68 Å². The summed E-state index contributed by atoms with van der Waals surface area (Å²) in [6, 6.07) is 23.4. The van der Waals surface area contributed by atoms with Crippen LogP contribution < -0.4 is 10.2 Å². The van der Waals surface area contributed by atoms with Gasteiger partial charge in [0, 0.05) is 43.1 Å². The number of carbonyl (C=O) groups excluding carboxylic acids is 2. The molecule has 1 aliphatic heterocycles. The first-order valence-corrected chi connectivity index (χ1v) is 13.4. The van der Waals surface area contributed by atoms with Crippen LogP contribution in [0.5, 0.6) is 0 Å². The van der Waals surface area contributed by atoms with Crippen LogP contribution in [0, 0.1) is 13.8 Å². The minimum Gasteiger partial charge on any atom is -0.368 e. The van der Waals surface area contributed by atoms with Crippen LogP contribution in [0.15, 0.2) is 78.0 Å². The molecule has 4 aromatic rings. The van der Waals surface area contributed by atoms with Gasteiger partial charge in [-0.1, -0.05) is 47.2 Å². The third kappa shape index (κ3) is 6.03. The molecule has 3 aromatic carbocycles. The van der Waals surface area contributed by atoms with E-state index in [4.69, 9.17) is 0 Å². The van der Waals surface area contributed by atoms with Crippen molar-refractivity contribution in [3.63, 3.8) is 0 Å². The van der Waals surface area contributed by atoms with Crippen molar-refractivity contribution in [1.29, 1.82) is 0 Å². The molecule has 1 N–H and O–H groups in total. The first-order valence-electron chi connectivity index (χ1n) is 12.5. The Kier molecular flexibility index (Phi) is 7.69. The molecule has 1 saturated heterocycles. The molecule has 10 heteroatoms. The Balaban J connectivity index is 1.11. The topological polar surface area (TPSA) is 96.2 Å². The monoisotopic (exact) mass is 527 g/mol. The summed E-state index contributed by atoms with van der Waals surface area (Å²) in [6.45, 7) is 6.90. The second-order valence-corrected chi connectivity index (χ2v) is 10.2. The van der Waals surface area contributed by atoms with E-state index in [9.17, 15) is 9.59 Å². The number of hydrogen-bond donors (Lipinski definition) is 1. The van der Waals surface area contributed by atoms with Gasteiger partial charge in [-0.15, -0.1) is 5.10 Å². The Bertz CT molecular complexity index is 1390. The van der Waals surface area contributed by atoms with Gasteiger partial charge in [-0.3, -0.25) is 9.59 Å². The van der Waals surface area contributed by atoms with Crippen molar-refractivity contribution in [2.24, 2.45) is 0 Å². The molecule has 0 atom stereocenters. The van der Waals surface area contributed by atoms with Gasteiger partial charge in [0.25, 0.3) is 5.91 Å². The molecule has 5 rings (SSSR count). The van der Waals surface area contributed by atoms with Crippen LogP contribution in [0.4, 0.5) is 11.4 Å². The number of rotatable bonds is 7. The summed E-state index contributed by atoms with van der Waals surface area (Å²) < 4.78 is 1.63. The Hall–Kier alpha value is -4.18. The number of amides is 2. The average molecular weight is 528 g/mol. The maximum absolute atomic E-state index is 12.8. The van der Waals surface area contributed by atoms with Crippen molar-refractivity contribution in [1.82, 2.24) is 25.1 Å². The molecular formula is C28H29N7O2S. The normalized spacial score (nSPS) is 13.4. The molecular weight excluding hydrogens is 498 g/mol. The van der Waals surface area contributed by atoms with Gasteiger partial charge in [0.2, 0.25) is 11.1 Å². The summed E-state index contributed by atoms with van der Waals surface area (Å²) in [6.07, 6.45) is 0. The largest absolute Gasteiger partial charge is 0.368 e. The van der Waals surface area contributed by atoms with Crippen LogP contribution in [0.3, 0.4) is 0 Å². The molecule has 2 heterocycles. The quantitative estimate of drug-likeness (QED) is 0.363. The van der Waals surface area contributed by atoms with Crippen LogP contribution in [0.2, 0.25) is 0 Å². The zero-order valence-corrected chi connectivity index (χ0v) is 22.2. The van der Waals surface area contributed by atoms with Crippen LogP contribution in [-0.4, -0.2) is 68.9 Å². The van der Waals surface area contributed by atoms with Crippen molar-refractivity contribution in [3.05, 3.63) is 89.5 Å². The Labute approximate surface area is 225 Å². The van der Waals surface area contributed by atoms with Gasteiger partial charge in [0.05, 0.1) is 11.4 Å². The molecule has 0 spiro atoms. The number of nitrogens with one attached hydrogen (secondary N) is 1. The average Bonchev–Trinajstić information content (AvgIpc) is 3.42. The van der Waals surface area contributed by atoms with E-state index in [1.807, 2.05) is 91.5 Å². The van der Waals surface area contributed by atoms with Gasteiger partial charge in [0.1, 0.15) is 0 Å². The number of aryl methyl sites for hydroxylation is 2. The Morgan fingerprint density at radius 2 is 1.42 bits per heavy atom. The van der Waals surface area contributed by atoms with E-state index in [1.165, 1.54) is 11.8 Å². The minimum absolute atomic E-state index is 0.0773. The lowest BCUT2D eigenvalue weighted by atomic mass is 10.1. The van der Waals surface area contributed by atoms with E-state index in [1.54, 1.807) is 4.68 Å². The minimum atomic E-state index is -0.135. The van der Waals surface area contributed by atoms with E-state index < -0.39 is 0 Å². The number of thioether (sulfide) groups is 1. The summed E-state index contributed by atoms with van der Waals surface area (Å²) in [4.78, 5) is 29.5. The molecule has 194 valence electrons. The third-order valence-corrected chi connectivity index (χ3v) is 7.35. The predicted octanol–water partition coefficient (Wildman–Crippen LogP) is 3.97. The number of benzene rings is 3. The maximum atomic E-state index is 12.8. The summed E-state index contributed by atoms with van der Waals surface area (Å²) in [5.41, 5.74) is 5.66. The van der Waals surface area contributed by atoms with E-state index >= 15 is 0 Å². The van der Waals surface area contributed by atoms with Crippen LogP contribution in [0.1, 0.15) is 21.5 Å². The second kappa shape index (κ2) is 11.5. The number of piperazine rings is 1. The van der Waals surface area contributed by atoms with Gasteiger partial charge in [-0.25, -0.2) is 0 Å². The molecule has 1 aliphatic rings. The lowest BCUT2D eigenvalue weighted by Crippen LogP contribution is -2.48. The predicted molar refractivity (Wildman–Crippen MR) is 149 cm³/mol. The zero-order chi connectivity index (χ0) is 26.5. The van der Waals surface area contributed by atoms with E-state index in [-0.39, 0.29) is 17.6 Å². The summed E-state index contributed by atoms with van der Waals surface area (Å²) in [5.74, 6) is 0.128. The molecule has 0 radical (unpaired) electrons.